The average molecular weight is 248 g/mol. The van der Waals surface area contributed by atoms with Crippen molar-refractivity contribution in [3.63, 3.8) is 0 Å². The van der Waals surface area contributed by atoms with E-state index in [-0.39, 0.29) is 11.5 Å². The zero-order valence-corrected chi connectivity index (χ0v) is 11.2. The van der Waals surface area contributed by atoms with Crippen molar-refractivity contribution in [3.8, 4) is 0 Å². The van der Waals surface area contributed by atoms with E-state index in [9.17, 15) is 4.79 Å². The van der Waals surface area contributed by atoms with Gasteiger partial charge in [-0.3, -0.25) is 4.79 Å². The summed E-state index contributed by atoms with van der Waals surface area (Å²) in [5.41, 5.74) is 7.80. The van der Waals surface area contributed by atoms with Gasteiger partial charge in [-0.2, -0.15) is 0 Å². The van der Waals surface area contributed by atoms with E-state index in [1.54, 1.807) is 6.07 Å². The number of carbonyl (C=O) groups excluding carboxylic acids is 1. The number of nitrogens with zero attached hydrogens (tertiary/aromatic N) is 1. The van der Waals surface area contributed by atoms with Crippen molar-refractivity contribution >= 4 is 11.6 Å². The number of amides is 1. The van der Waals surface area contributed by atoms with Crippen LogP contribution < -0.4 is 5.73 Å². The minimum atomic E-state index is -0.275. The van der Waals surface area contributed by atoms with Crippen molar-refractivity contribution in [2.45, 2.75) is 26.4 Å². The molecule has 1 amide bonds. The number of nitrogens with two attached hydrogens (primary N) is 1. The maximum absolute atomic E-state index is 12.4. The van der Waals surface area contributed by atoms with Crippen LogP contribution in [0.2, 0.25) is 0 Å². The number of benzene rings is 1. The number of anilines is 1. The highest BCUT2D eigenvalue weighted by atomic mass is 16.5. The Morgan fingerprint density at radius 2 is 2.11 bits per heavy atom. The van der Waals surface area contributed by atoms with Gasteiger partial charge in [-0.25, -0.2) is 0 Å². The molecule has 1 heterocycles. The van der Waals surface area contributed by atoms with Crippen molar-refractivity contribution in [3.05, 3.63) is 29.3 Å². The molecule has 2 N–H and O–H groups in total. The second kappa shape index (κ2) is 4.61. The summed E-state index contributed by atoms with van der Waals surface area (Å²) in [6.07, 6.45) is 0. The smallest absolute Gasteiger partial charge is 0.254 e. The average Bonchev–Trinajstić information content (AvgIpc) is 2.25. The molecule has 1 aromatic rings. The van der Waals surface area contributed by atoms with Crippen molar-refractivity contribution < 1.29 is 9.53 Å². The molecule has 1 saturated heterocycles. The van der Waals surface area contributed by atoms with Gasteiger partial charge in [0.25, 0.3) is 5.91 Å². The van der Waals surface area contributed by atoms with Gasteiger partial charge in [0, 0.05) is 24.3 Å². The SMILES string of the molecule is Cc1cc(N)cc(C(=O)N2CCOC(C)(C)C2)c1. The first-order valence-corrected chi connectivity index (χ1v) is 6.18. The van der Waals surface area contributed by atoms with E-state index in [1.807, 2.05) is 37.8 Å². The fraction of sp³-hybridized carbons (Fsp3) is 0.500. The molecule has 0 spiro atoms. The number of rotatable bonds is 1. The third-order valence-electron chi connectivity index (χ3n) is 3.06. The third-order valence-corrected chi connectivity index (χ3v) is 3.06. The van der Waals surface area contributed by atoms with E-state index < -0.39 is 0 Å². The van der Waals surface area contributed by atoms with Crippen molar-refractivity contribution in [1.82, 2.24) is 4.90 Å². The number of carbonyl (C=O) groups is 1. The summed E-state index contributed by atoms with van der Waals surface area (Å²) in [6, 6.07) is 5.47. The van der Waals surface area contributed by atoms with Crippen LogP contribution in [0.4, 0.5) is 5.69 Å². The summed E-state index contributed by atoms with van der Waals surface area (Å²) < 4.78 is 5.61. The van der Waals surface area contributed by atoms with E-state index in [4.69, 9.17) is 10.5 Å². The highest BCUT2D eigenvalue weighted by molar-refractivity contribution is 5.95. The van der Waals surface area contributed by atoms with Crippen LogP contribution in [0.1, 0.15) is 29.8 Å². The van der Waals surface area contributed by atoms with E-state index in [0.29, 0.717) is 30.9 Å². The zero-order chi connectivity index (χ0) is 13.3. The van der Waals surface area contributed by atoms with Crippen LogP contribution >= 0.6 is 0 Å². The number of nitrogen functional groups attached to an aromatic ring is 1. The van der Waals surface area contributed by atoms with Crippen LogP contribution in [0.15, 0.2) is 18.2 Å². The molecular weight excluding hydrogens is 228 g/mol. The van der Waals surface area contributed by atoms with Gasteiger partial charge in [0.15, 0.2) is 0 Å². The van der Waals surface area contributed by atoms with E-state index >= 15 is 0 Å². The number of hydrogen-bond donors (Lipinski definition) is 1. The molecule has 0 atom stereocenters. The Hall–Kier alpha value is -1.55. The lowest BCUT2D eigenvalue weighted by Gasteiger charge is -2.38. The summed E-state index contributed by atoms with van der Waals surface area (Å²) in [5, 5.41) is 0. The van der Waals surface area contributed by atoms with Crippen LogP contribution in [0, 0.1) is 6.92 Å². The first-order chi connectivity index (χ1) is 8.37. The quantitative estimate of drug-likeness (QED) is 0.771. The summed E-state index contributed by atoms with van der Waals surface area (Å²) in [7, 11) is 0. The molecular formula is C14H20N2O2. The molecule has 4 nitrogen and oxygen atoms in total. The number of hydrogen-bond acceptors (Lipinski definition) is 3. The number of aryl methyl sites for hydroxylation is 1. The molecule has 98 valence electrons. The molecule has 1 aromatic carbocycles. The highest BCUT2D eigenvalue weighted by Gasteiger charge is 2.30. The standard InChI is InChI=1S/C14H20N2O2/c1-10-6-11(8-12(15)7-10)13(17)16-4-5-18-14(2,3)9-16/h6-8H,4-5,9,15H2,1-3H3. The van der Waals surface area contributed by atoms with Gasteiger partial charge in [0.2, 0.25) is 0 Å². The monoisotopic (exact) mass is 248 g/mol. The van der Waals surface area contributed by atoms with Crippen molar-refractivity contribution in [1.29, 1.82) is 0 Å². The Balaban J connectivity index is 2.20. The molecule has 0 aliphatic carbocycles. The molecule has 0 radical (unpaired) electrons. The normalized spacial score (nSPS) is 18.7. The molecule has 1 fully saturated rings. The van der Waals surface area contributed by atoms with E-state index in [1.165, 1.54) is 0 Å². The Morgan fingerprint density at radius 1 is 1.39 bits per heavy atom. The molecule has 2 rings (SSSR count). The minimum Gasteiger partial charge on any atom is -0.399 e. The van der Waals surface area contributed by atoms with Gasteiger partial charge in [0.1, 0.15) is 0 Å². The fourth-order valence-corrected chi connectivity index (χ4v) is 2.31. The summed E-state index contributed by atoms with van der Waals surface area (Å²) in [4.78, 5) is 14.2. The second-order valence-electron chi connectivity index (χ2n) is 5.47. The predicted octanol–water partition coefficient (Wildman–Crippen LogP) is 1.83. The molecule has 0 aromatic heterocycles. The lowest BCUT2D eigenvalue weighted by Crippen LogP contribution is -2.50. The van der Waals surface area contributed by atoms with Crippen LogP contribution in [0.25, 0.3) is 0 Å². The fourth-order valence-electron chi connectivity index (χ4n) is 2.31. The van der Waals surface area contributed by atoms with Gasteiger partial charge >= 0.3 is 0 Å². The Morgan fingerprint density at radius 3 is 2.72 bits per heavy atom. The summed E-state index contributed by atoms with van der Waals surface area (Å²) >= 11 is 0. The van der Waals surface area contributed by atoms with Gasteiger partial charge in [-0.15, -0.1) is 0 Å². The predicted molar refractivity (Wildman–Crippen MR) is 71.5 cm³/mol. The number of morpholine rings is 1. The topological polar surface area (TPSA) is 55.6 Å². The summed E-state index contributed by atoms with van der Waals surface area (Å²) in [5.74, 6) is 0.0294. The molecule has 18 heavy (non-hydrogen) atoms. The first-order valence-electron chi connectivity index (χ1n) is 6.18. The van der Waals surface area contributed by atoms with E-state index in [2.05, 4.69) is 0 Å². The largest absolute Gasteiger partial charge is 0.399 e. The van der Waals surface area contributed by atoms with Gasteiger partial charge in [-0.05, 0) is 44.5 Å². The Kier molecular flexibility index (Phi) is 3.30. The highest BCUT2D eigenvalue weighted by Crippen LogP contribution is 2.20. The van der Waals surface area contributed by atoms with Gasteiger partial charge < -0.3 is 15.4 Å². The van der Waals surface area contributed by atoms with Crippen molar-refractivity contribution in [2.24, 2.45) is 0 Å². The third kappa shape index (κ3) is 2.82. The van der Waals surface area contributed by atoms with Crippen LogP contribution in [-0.4, -0.2) is 36.1 Å². The lowest BCUT2D eigenvalue weighted by atomic mass is 10.0. The lowest BCUT2D eigenvalue weighted by molar-refractivity contribution is -0.0764. The molecule has 0 unspecified atom stereocenters. The Labute approximate surface area is 108 Å². The first kappa shape index (κ1) is 12.9. The molecule has 0 bridgehead atoms. The molecule has 4 heteroatoms. The maximum Gasteiger partial charge on any atom is 0.254 e. The second-order valence-corrected chi connectivity index (χ2v) is 5.47. The summed E-state index contributed by atoms with van der Waals surface area (Å²) in [6.45, 7) is 7.76. The van der Waals surface area contributed by atoms with E-state index in [0.717, 1.165) is 5.56 Å². The Bertz CT molecular complexity index is 449. The molecule has 1 aliphatic heterocycles. The van der Waals surface area contributed by atoms with Crippen LogP contribution in [0.3, 0.4) is 0 Å². The van der Waals surface area contributed by atoms with Crippen LogP contribution in [0.5, 0.6) is 0 Å². The van der Waals surface area contributed by atoms with Crippen molar-refractivity contribution in [2.75, 3.05) is 25.4 Å². The molecule has 1 aliphatic rings. The maximum atomic E-state index is 12.4. The van der Waals surface area contributed by atoms with Gasteiger partial charge in [-0.1, -0.05) is 0 Å². The minimum absolute atomic E-state index is 0.0294. The number of ether oxygens (including phenoxy) is 1. The van der Waals surface area contributed by atoms with Gasteiger partial charge in [0.05, 0.1) is 12.2 Å². The van der Waals surface area contributed by atoms with Crippen LogP contribution in [-0.2, 0) is 4.74 Å². The molecule has 0 saturated carbocycles. The zero-order valence-electron chi connectivity index (χ0n) is 11.2.